The standard InChI is InChI=1S/C14H20N2O3S/c1-14(2,3)12(19-4)9-15-13-10-7-5-6-8-11(10)20(17,18)16-13/h5-8,12H,9H2,1-4H3,(H,15,16). The lowest BCUT2D eigenvalue weighted by molar-refractivity contribution is 0.0242. The first kappa shape index (κ1) is 15.0. The van der Waals surface area contributed by atoms with Gasteiger partial charge in [0.1, 0.15) is 5.84 Å². The number of fused-ring (bicyclic) bond motifs is 1. The molecule has 1 aromatic rings. The van der Waals surface area contributed by atoms with Crippen LogP contribution in [0.25, 0.3) is 0 Å². The normalized spacial score (nSPS) is 20.5. The summed E-state index contributed by atoms with van der Waals surface area (Å²) >= 11 is 0. The number of hydrogen-bond acceptors (Lipinski definition) is 4. The molecule has 1 aliphatic heterocycles. The van der Waals surface area contributed by atoms with E-state index in [1.165, 1.54) is 0 Å². The van der Waals surface area contributed by atoms with Crippen molar-refractivity contribution in [3.05, 3.63) is 29.8 Å². The number of hydrogen-bond donors (Lipinski definition) is 1. The number of amidine groups is 1. The van der Waals surface area contributed by atoms with Crippen molar-refractivity contribution >= 4 is 15.9 Å². The van der Waals surface area contributed by atoms with Crippen LogP contribution in [0.1, 0.15) is 26.3 Å². The Bertz CT molecular complexity index is 630. The number of sulfonamides is 1. The van der Waals surface area contributed by atoms with Crippen molar-refractivity contribution in [1.82, 2.24) is 4.72 Å². The molecule has 1 N–H and O–H groups in total. The van der Waals surface area contributed by atoms with Crippen LogP contribution in [0.3, 0.4) is 0 Å². The number of methoxy groups -OCH3 is 1. The van der Waals surface area contributed by atoms with Crippen LogP contribution in [-0.2, 0) is 14.8 Å². The van der Waals surface area contributed by atoms with Gasteiger partial charge >= 0.3 is 0 Å². The van der Waals surface area contributed by atoms with E-state index in [-0.39, 0.29) is 16.4 Å². The highest BCUT2D eigenvalue weighted by Gasteiger charge is 2.31. The first-order valence-corrected chi connectivity index (χ1v) is 7.93. The second-order valence-electron chi connectivity index (χ2n) is 5.88. The molecule has 0 bridgehead atoms. The first-order valence-electron chi connectivity index (χ1n) is 6.45. The minimum absolute atomic E-state index is 0.0597. The second kappa shape index (κ2) is 5.18. The highest BCUT2D eigenvalue weighted by molar-refractivity contribution is 7.90. The number of rotatable bonds is 3. The lowest BCUT2D eigenvalue weighted by Crippen LogP contribution is -2.32. The zero-order valence-corrected chi connectivity index (χ0v) is 13.0. The molecule has 1 aliphatic rings. The van der Waals surface area contributed by atoms with Crippen molar-refractivity contribution in [1.29, 1.82) is 0 Å². The van der Waals surface area contributed by atoms with Crippen LogP contribution in [0.2, 0.25) is 0 Å². The van der Waals surface area contributed by atoms with Crippen LogP contribution >= 0.6 is 0 Å². The largest absolute Gasteiger partial charge is 0.379 e. The molecule has 1 unspecified atom stereocenters. The average molecular weight is 296 g/mol. The Morgan fingerprint density at radius 3 is 2.55 bits per heavy atom. The molecular formula is C14H20N2O3S. The molecule has 0 aliphatic carbocycles. The molecule has 1 heterocycles. The van der Waals surface area contributed by atoms with E-state index in [2.05, 4.69) is 30.5 Å². The van der Waals surface area contributed by atoms with E-state index in [9.17, 15) is 8.42 Å². The fourth-order valence-electron chi connectivity index (χ4n) is 2.13. The Balaban J connectivity index is 2.30. The van der Waals surface area contributed by atoms with Crippen molar-refractivity contribution in [2.75, 3.05) is 13.7 Å². The lowest BCUT2D eigenvalue weighted by Gasteiger charge is -2.27. The summed E-state index contributed by atoms with van der Waals surface area (Å²) in [5.74, 6) is 0.395. The Hall–Kier alpha value is -1.40. The quantitative estimate of drug-likeness (QED) is 0.924. The predicted octanol–water partition coefficient (Wildman–Crippen LogP) is 1.79. The zero-order valence-electron chi connectivity index (χ0n) is 12.2. The lowest BCUT2D eigenvalue weighted by atomic mass is 9.89. The number of nitrogens with zero attached hydrogens (tertiary/aromatic N) is 1. The van der Waals surface area contributed by atoms with Crippen LogP contribution in [0.15, 0.2) is 34.2 Å². The van der Waals surface area contributed by atoms with Crippen molar-refractivity contribution in [3.8, 4) is 0 Å². The molecule has 110 valence electrons. The van der Waals surface area contributed by atoms with E-state index in [1.54, 1.807) is 31.4 Å². The van der Waals surface area contributed by atoms with Crippen molar-refractivity contribution in [2.24, 2.45) is 10.4 Å². The topological polar surface area (TPSA) is 67.8 Å². The Labute approximate surface area is 120 Å². The van der Waals surface area contributed by atoms with Gasteiger partial charge in [0.15, 0.2) is 0 Å². The smallest absolute Gasteiger partial charge is 0.263 e. The average Bonchev–Trinajstić information content (AvgIpc) is 2.61. The molecule has 0 fully saturated rings. The molecule has 2 rings (SSSR count). The van der Waals surface area contributed by atoms with Gasteiger partial charge in [0, 0.05) is 12.7 Å². The summed E-state index contributed by atoms with van der Waals surface area (Å²) < 4.78 is 31.8. The van der Waals surface area contributed by atoms with Gasteiger partial charge in [-0.25, -0.2) is 8.42 Å². The third-order valence-corrected chi connectivity index (χ3v) is 4.73. The summed E-state index contributed by atoms with van der Waals surface area (Å²) in [6.07, 6.45) is -0.0766. The molecule has 0 aromatic heterocycles. The van der Waals surface area contributed by atoms with Crippen molar-refractivity contribution < 1.29 is 13.2 Å². The van der Waals surface area contributed by atoms with E-state index in [0.717, 1.165) is 0 Å². The fraction of sp³-hybridized carbons (Fsp3) is 0.500. The van der Waals surface area contributed by atoms with Gasteiger partial charge in [-0.1, -0.05) is 32.9 Å². The zero-order chi connectivity index (χ0) is 15.0. The summed E-state index contributed by atoms with van der Waals surface area (Å²) in [5.41, 5.74) is 0.562. The fourth-order valence-corrected chi connectivity index (χ4v) is 3.38. The Kier molecular flexibility index (Phi) is 3.88. The molecule has 0 saturated carbocycles. The van der Waals surface area contributed by atoms with Gasteiger partial charge in [0.05, 0.1) is 17.5 Å². The van der Waals surface area contributed by atoms with Gasteiger partial charge in [0.25, 0.3) is 10.0 Å². The van der Waals surface area contributed by atoms with Gasteiger partial charge in [0.2, 0.25) is 0 Å². The predicted molar refractivity (Wildman–Crippen MR) is 78.4 cm³/mol. The van der Waals surface area contributed by atoms with Crippen LogP contribution in [0.4, 0.5) is 0 Å². The van der Waals surface area contributed by atoms with E-state index in [1.807, 2.05) is 0 Å². The number of aliphatic imine (C=N–C) groups is 1. The van der Waals surface area contributed by atoms with Crippen molar-refractivity contribution in [3.63, 3.8) is 0 Å². The van der Waals surface area contributed by atoms with E-state index in [0.29, 0.717) is 17.9 Å². The number of ether oxygens (including phenoxy) is 1. The molecule has 0 amide bonds. The Morgan fingerprint density at radius 1 is 1.30 bits per heavy atom. The molecule has 20 heavy (non-hydrogen) atoms. The Morgan fingerprint density at radius 2 is 1.95 bits per heavy atom. The summed E-state index contributed by atoms with van der Waals surface area (Å²) in [7, 11) is -1.82. The monoisotopic (exact) mass is 296 g/mol. The highest BCUT2D eigenvalue weighted by Crippen LogP contribution is 2.24. The first-order chi connectivity index (χ1) is 9.25. The van der Waals surface area contributed by atoms with Gasteiger partial charge in [-0.2, -0.15) is 0 Å². The number of benzene rings is 1. The van der Waals surface area contributed by atoms with Crippen LogP contribution in [-0.4, -0.2) is 34.0 Å². The van der Waals surface area contributed by atoms with Gasteiger partial charge in [-0.05, 0) is 17.5 Å². The van der Waals surface area contributed by atoms with E-state index >= 15 is 0 Å². The molecule has 1 aromatic carbocycles. The number of nitrogens with one attached hydrogen (secondary N) is 1. The summed E-state index contributed by atoms with van der Waals surface area (Å²) in [6, 6.07) is 6.84. The molecule has 0 radical (unpaired) electrons. The maximum atomic E-state index is 12.0. The van der Waals surface area contributed by atoms with Crippen molar-refractivity contribution in [2.45, 2.75) is 31.8 Å². The molecule has 6 heteroatoms. The summed E-state index contributed by atoms with van der Waals surface area (Å²) in [6.45, 7) is 6.60. The molecule has 0 spiro atoms. The van der Waals surface area contributed by atoms with Crippen LogP contribution in [0.5, 0.6) is 0 Å². The third-order valence-electron chi connectivity index (χ3n) is 3.33. The van der Waals surface area contributed by atoms with E-state index < -0.39 is 10.0 Å². The van der Waals surface area contributed by atoms with E-state index in [4.69, 9.17) is 4.74 Å². The molecule has 0 saturated heterocycles. The minimum Gasteiger partial charge on any atom is -0.379 e. The maximum Gasteiger partial charge on any atom is 0.263 e. The van der Waals surface area contributed by atoms with Gasteiger partial charge < -0.3 is 4.74 Å². The van der Waals surface area contributed by atoms with Gasteiger partial charge in [-0.15, -0.1) is 0 Å². The third kappa shape index (κ3) is 2.86. The maximum absolute atomic E-state index is 12.0. The molecule has 5 nitrogen and oxygen atoms in total. The van der Waals surface area contributed by atoms with Crippen LogP contribution in [0, 0.1) is 5.41 Å². The summed E-state index contributed by atoms with van der Waals surface area (Å²) in [5, 5.41) is 0. The second-order valence-corrected chi connectivity index (χ2v) is 7.53. The van der Waals surface area contributed by atoms with Crippen LogP contribution < -0.4 is 4.72 Å². The summed E-state index contributed by atoms with van der Waals surface area (Å²) in [4.78, 5) is 4.68. The highest BCUT2D eigenvalue weighted by atomic mass is 32.2. The molecule has 1 atom stereocenters. The SMILES string of the molecule is COC(CN=C1NS(=O)(=O)c2ccccc21)C(C)(C)C. The van der Waals surface area contributed by atoms with Gasteiger partial charge in [-0.3, -0.25) is 9.71 Å². The molecular weight excluding hydrogens is 276 g/mol. The minimum atomic E-state index is -3.47.